The third-order valence-electron chi connectivity index (χ3n) is 3.57. The van der Waals surface area contributed by atoms with E-state index >= 15 is 0 Å². The van der Waals surface area contributed by atoms with Crippen LogP contribution in [-0.2, 0) is 19.1 Å². The predicted octanol–water partition coefficient (Wildman–Crippen LogP) is 2.26. The third-order valence-corrected chi connectivity index (χ3v) is 3.57. The monoisotopic (exact) mass is 333 g/mol. The van der Waals surface area contributed by atoms with Gasteiger partial charge in [-0.05, 0) is 31.7 Å². The van der Waals surface area contributed by atoms with Crippen LogP contribution in [0.5, 0.6) is 0 Å². The highest BCUT2D eigenvalue weighted by atomic mass is 16.5. The summed E-state index contributed by atoms with van der Waals surface area (Å²) in [6, 6.07) is 7.85. The van der Waals surface area contributed by atoms with Gasteiger partial charge in [0.05, 0.1) is 6.61 Å². The summed E-state index contributed by atoms with van der Waals surface area (Å²) < 4.78 is 4.61. The number of carbonyl (C=O) groups excluding carboxylic acids is 2. The number of aliphatic carboxylic acids is 1. The van der Waals surface area contributed by atoms with Gasteiger partial charge in [-0.3, -0.25) is 4.79 Å². The number of esters is 1. The van der Waals surface area contributed by atoms with Gasteiger partial charge in [-0.2, -0.15) is 0 Å². The lowest BCUT2D eigenvalue weighted by Gasteiger charge is -2.25. The van der Waals surface area contributed by atoms with Crippen molar-refractivity contribution < 1.29 is 24.2 Å². The lowest BCUT2D eigenvalue weighted by atomic mass is 9.86. The van der Waals surface area contributed by atoms with Crippen molar-refractivity contribution in [2.75, 3.05) is 6.61 Å². The molecule has 1 amide bonds. The van der Waals surface area contributed by atoms with Crippen LogP contribution in [0.2, 0.25) is 0 Å². The molecule has 0 aliphatic carbocycles. The molecule has 1 aromatic carbocycles. The first-order valence-corrected chi connectivity index (χ1v) is 7.87. The van der Waals surface area contributed by atoms with E-state index in [0.29, 0.717) is 6.42 Å². The minimum absolute atomic E-state index is 0.0471. The summed E-state index contributed by atoms with van der Waals surface area (Å²) in [6.07, 6.45) is 3.76. The predicted molar refractivity (Wildman–Crippen MR) is 89.4 cm³/mol. The molecule has 6 heteroatoms. The Bertz CT molecular complexity index is 570. The molecule has 0 spiro atoms. The maximum Gasteiger partial charge on any atom is 0.396 e. The van der Waals surface area contributed by atoms with Crippen LogP contribution >= 0.6 is 0 Å². The summed E-state index contributed by atoms with van der Waals surface area (Å²) in [5.74, 6) is -3.78. The van der Waals surface area contributed by atoms with Crippen LogP contribution in [0.15, 0.2) is 43.0 Å². The molecule has 0 aromatic heterocycles. The van der Waals surface area contributed by atoms with Crippen LogP contribution < -0.4 is 5.32 Å². The zero-order valence-corrected chi connectivity index (χ0v) is 13.7. The maximum atomic E-state index is 11.8. The van der Waals surface area contributed by atoms with Crippen molar-refractivity contribution in [2.24, 2.45) is 0 Å². The van der Waals surface area contributed by atoms with E-state index in [1.165, 1.54) is 0 Å². The van der Waals surface area contributed by atoms with Crippen molar-refractivity contribution in [2.45, 2.75) is 38.1 Å². The van der Waals surface area contributed by atoms with Crippen LogP contribution in [0.25, 0.3) is 0 Å². The number of nitrogens with one attached hydrogen (secondary N) is 1. The van der Waals surface area contributed by atoms with Crippen LogP contribution in [0.1, 0.15) is 37.7 Å². The zero-order chi connectivity index (χ0) is 17.9. The van der Waals surface area contributed by atoms with Gasteiger partial charge in [-0.1, -0.05) is 36.4 Å². The van der Waals surface area contributed by atoms with Gasteiger partial charge in [0, 0.05) is 5.92 Å². The Morgan fingerprint density at radius 3 is 2.50 bits per heavy atom. The number of allylic oxidation sites excluding steroid dienone is 1. The second-order valence-electron chi connectivity index (χ2n) is 5.25. The Labute approximate surface area is 141 Å². The van der Waals surface area contributed by atoms with Crippen LogP contribution in [0, 0.1) is 0 Å². The Balaban J connectivity index is 2.99. The molecule has 0 saturated heterocycles. The number of carbonyl (C=O) groups is 3. The van der Waals surface area contributed by atoms with Crippen molar-refractivity contribution in [3.63, 3.8) is 0 Å². The van der Waals surface area contributed by atoms with Gasteiger partial charge in [0.25, 0.3) is 0 Å². The zero-order valence-electron chi connectivity index (χ0n) is 13.7. The lowest BCUT2D eigenvalue weighted by Crippen LogP contribution is -2.48. The van der Waals surface area contributed by atoms with E-state index in [1.807, 2.05) is 30.3 Å². The number of unbranched alkanes of at least 4 members (excludes halogenated alkanes) is 1. The Morgan fingerprint density at radius 1 is 1.29 bits per heavy atom. The number of carboxylic acid groups (broad SMARTS) is 1. The molecule has 0 aliphatic rings. The van der Waals surface area contributed by atoms with Crippen LogP contribution in [0.3, 0.4) is 0 Å². The fourth-order valence-electron chi connectivity index (χ4n) is 2.44. The molecule has 0 heterocycles. The molecule has 1 rings (SSSR count). The van der Waals surface area contributed by atoms with Crippen molar-refractivity contribution in [3.8, 4) is 0 Å². The highest BCUT2D eigenvalue weighted by Gasteiger charge is 2.32. The van der Waals surface area contributed by atoms with Crippen LogP contribution in [-0.4, -0.2) is 35.6 Å². The molecule has 6 nitrogen and oxygen atoms in total. The molecule has 0 radical (unpaired) electrons. The average Bonchev–Trinajstić information content (AvgIpc) is 2.57. The first-order valence-electron chi connectivity index (χ1n) is 7.87. The molecular formula is C18H23NO5. The lowest BCUT2D eigenvalue weighted by molar-refractivity contribution is -0.156. The molecule has 0 aliphatic heterocycles. The highest BCUT2D eigenvalue weighted by Crippen LogP contribution is 2.26. The summed E-state index contributed by atoms with van der Waals surface area (Å²) in [5, 5.41) is 11.8. The average molecular weight is 333 g/mol. The van der Waals surface area contributed by atoms with Gasteiger partial charge < -0.3 is 15.2 Å². The Morgan fingerprint density at radius 2 is 1.96 bits per heavy atom. The third kappa shape index (κ3) is 5.87. The number of hydrogen-bond acceptors (Lipinski definition) is 4. The quantitative estimate of drug-likeness (QED) is 0.313. The second-order valence-corrected chi connectivity index (χ2v) is 5.25. The molecule has 1 aromatic rings. The van der Waals surface area contributed by atoms with Crippen molar-refractivity contribution in [1.82, 2.24) is 5.32 Å². The van der Waals surface area contributed by atoms with Gasteiger partial charge in [0.1, 0.15) is 6.04 Å². The molecule has 2 N–H and O–H groups in total. The second kappa shape index (κ2) is 10.2. The molecule has 0 saturated carbocycles. The SMILES string of the molecule is C=CCCCC(c1ccccc1)C(NC(=O)C(=O)OCC)C(=O)O. The highest BCUT2D eigenvalue weighted by molar-refractivity contribution is 6.32. The van der Waals surface area contributed by atoms with E-state index in [4.69, 9.17) is 0 Å². The van der Waals surface area contributed by atoms with Gasteiger partial charge in [-0.25, -0.2) is 9.59 Å². The van der Waals surface area contributed by atoms with Gasteiger partial charge >= 0.3 is 17.8 Å². The van der Waals surface area contributed by atoms with Gasteiger partial charge in [0.2, 0.25) is 0 Å². The number of benzene rings is 1. The van der Waals surface area contributed by atoms with Gasteiger partial charge in [0.15, 0.2) is 0 Å². The van der Waals surface area contributed by atoms with Crippen molar-refractivity contribution >= 4 is 17.8 Å². The molecule has 0 fully saturated rings. The van der Waals surface area contributed by atoms with E-state index in [-0.39, 0.29) is 6.61 Å². The van der Waals surface area contributed by atoms with E-state index in [0.717, 1.165) is 18.4 Å². The number of hydrogen-bond donors (Lipinski definition) is 2. The van der Waals surface area contributed by atoms with Crippen LogP contribution in [0.4, 0.5) is 0 Å². The molecule has 2 atom stereocenters. The first-order chi connectivity index (χ1) is 11.5. The summed E-state index contributed by atoms with van der Waals surface area (Å²) in [5.41, 5.74) is 0.790. The minimum Gasteiger partial charge on any atom is -0.480 e. The summed E-state index contributed by atoms with van der Waals surface area (Å²) in [4.78, 5) is 35.0. The molecule has 0 bridgehead atoms. The molecule has 24 heavy (non-hydrogen) atoms. The van der Waals surface area contributed by atoms with Crippen molar-refractivity contribution in [3.05, 3.63) is 48.6 Å². The summed E-state index contributed by atoms with van der Waals surface area (Å²) in [7, 11) is 0. The number of amides is 1. The topological polar surface area (TPSA) is 92.7 Å². The van der Waals surface area contributed by atoms with Gasteiger partial charge in [-0.15, -0.1) is 6.58 Å². The van der Waals surface area contributed by atoms with E-state index in [9.17, 15) is 19.5 Å². The van der Waals surface area contributed by atoms with Crippen molar-refractivity contribution in [1.29, 1.82) is 0 Å². The van der Waals surface area contributed by atoms with E-state index < -0.39 is 29.8 Å². The number of ether oxygens (including phenoxy) is 1. The molecule has 2 unspecified atom stereocenters. The molecular weight excluding hydrogens is 310 g/mol. The smallest absolute Gasteiger partial charge is 0.396 e. The standard InChI is InChI=1S/C18H23NO5/c1-3-5-7-12-14(13-10-8-6-9-11-13)15(17(21)22)19-16(20)18(23)24-4-2/h3,6,8-11,14-15H,1,4-5,7,12H2,2H3,(H,19,20)(H,21,22). The summed E-state index contributed by atoms with van der Waals surface area (Å²) >= 11 is 0. The number of rotatable bonds is 9. The Kier molecular flexibility index (Phi) is 8.25. The fourth-order valence-corrected chi connectivity index (χ4v) is 2.44. The number of carboxylic acids is 1. The fraction of sp³-hybridized carbons (Fsp3) is 0.389. The van der Waals surface area contributed by atoms with E-state index in [2.05, 4.69) is 16.6 Å². The Hall–Kier alpha value is -2.63. The maximum absolute atomic E-state index is 11.8. The first kappa shape index (κ1) is 19.4. The van der Waals surface area contributed by atoms with E-state index in [1.54, 1.807) is 13.0 Å². The largest absolute Gasteiger partial charge is 0.480 e. The summed E-state index contributed by atoms with van der Waals surface area (Å²) in [6.45, 7) is 5.27. The molecule has 130 valence electrons. The normalized spacial score (nSPS) is 12.7. The minimum atomic E-state index is -1.21.